The Morgan fingerprint density at radius 1 is 0.469 bits per heavy atom. The van der Waals surface area contributed by atoms with Gasteiger partial charge in [0.25, 0.3) is 0 Å². The number of aliphatic hydroxyl groups excluding tert-OH is 2. The van der Waals surface area contributed by atoms with Crippen molar-refractivity contribution >= 4 is 11.9 Å². The minimum atomic E-state index is -0.807. The molecular weight excluding hydrogens is 791 g/mol. The molecule has 3 atom stereocenters. The number of unbranched alkanes of at least 4 members (excludes halogenated alkanes) is 21. The van der Waals surface area contributed by atoms with E-state index in [0.29, 0.717) is 19.3 Å². The van der Waals surface area contributed by atoms with Crippen molar-refractivity contribution in [1.29, 1.82) is 0 Å². The Labute approximate surface area is 395 Å². The normalized spacial score (nSPS) is 13.9. The third-order valence-corrected chi connectivity index (χ3v) is 11.7. The first-order valence-electron chi connectivity index (χ1n) is 26.8. The van der Waals surface area contributed by atoms with Gasteiger partial charge in [0.15, 0.2) is 0 Å². The highest BCUT2D eigenvalue weighted by atomic mass is 16.5. The number of hydrogen-bond donors (Lipinski definition) is 3. The Balaban J connectivity index is 4.72. The van der Waals surface area contributed by atoms with E-state index in [1.165, 1.54) is 103 Å². The van der Waals surface area contributed by atoms with Crippen LogP contribution in [0.3, 0.4) is 0 Å². The van der Waals surface area contributed by atoms with Crippen molar-refractivity contribution in [2.24, 2.45) is 0 Å². The maximum absolute atomic E-state index is 13.2. The fourth-order valence-corrected chi connectivity index (χ4v) is 7.69. The number of carbonyl (C=O) groups is 2. The van der Waals surface area contributed by atoms with E-state index < -0.39 is 18.2 Å². The molecule has 0 heterocycles. The first kappa shape index (κ1) is 61.0. The minimum absolute atomic E-state index is 0.0336. The molecule has 6 nitrogen and oxygen atoms in total. The average Bonchev–Trinajstić information content (AvgIpc) is 3.29. The molecule has 3 N–H and O–H groups in total. The van der Waals surface area contributed by atoms with Gasteiger partial charge in [-0.05, 0) is 89.9 Å². The lowest BCUT2D eigenvalue weighted by molar-refractivity contribution is -0.150. The molecule has 0 saturated carbocycles. The van der Waals surface area contributed by atoms with Crippen molar-refractivity contribution in [3.05, 3.63) is 85.1 Å². The number of ether oxygens (including phenoxy) is 1. The zero-order valence-electron chi connectivity index (χ0n) is 41.9. The third kappa shape index (κ3) is 45.6. The molecular formula is C58H101NO5. The van der Waals surface area contributed by atoms with Crippen molar-refractivity contribution < 1.29 is 24.5 Å². The van der Waals surface area contributed by atoms with Crippen LogP contribution in [-0.4, -0.2) is 46.9 Å². The Hall–Kier alpha value is -2.96. The summed E-state index contributed by atoms with van der Waals surface area (Å²) in [6.45, 7) is 6.34. The lowest BCUT2D eigenvalue weighted by Crippen LogP contribution is -2.46. The molecule has 64 heavy (non-hydrogen) atoms. The molecule has 0 aliphatic rings. The van der Waals surface area contributed by atoms with E-state index in [0.717, 1.165) is 89.9 Å². The number of allylic oxidation sites excluding steroid dienone is 14. The average molecular weight is 892 g/mol. The van der Waals surface area contributed by atoms with E-state index in [1.807, 2.05) is 6.08 Å². The third-order valence-electron chi connectivity index (χ3n) is 11.7. The van der Waals surface area contributed by atoms with Crippen molar-refractivity contribution in [3.63, 3.8) is 0 Å². The van der Waals surface area contributed by atoms with Crippen LogP contribution in [0.15, 0.2) is 85.1 Å². The van der Waals surface area contributed by atoms with Gasteiger partial charge in [-0.15, -0.1) is 0 Å². The second-order valence-electron chi connectivity index (χ2n) is 17.9. The summed E-state index contributed by atoms with van der Waals surface area (Å²) >= 11 is 0. The molecule has 0 aliphatic heterocycles. The van der Waals surface area contributed by atoms with Gasteiger partial charge in [-0.1, -0.05) is 228 Å². The van der Waals surface area contributed by atoms with Crippen LogP contribution in [0.4, 0.5) is 0 Å². The Morgan fingerprint density at radius 2 is 0.844 bits per heavy atom. The quantitative estimate of drug-likeness (QED) is 0.0321. The van der Waals surface area contributed by atoms with Crippen molar-refractivity contribution in [3.8, 4) is 0 Å². The summed E-state index contributed by atoms with van der Waals surface area (Å²) in [7, 11) is 0. The van der Waals surface area contributed by atoms with Crippen molar-refractivity contribution in [2.45, 2.75) is 264 Å². The fourth-order valence-electron chi connectivity index (χ4n) is 7.69. The first-order chi connectivity index (χ1) is 31.5. The lowest BCUT2D eigenvalue weighted by Gasteiger charge is -2.24. The van der Waals surface area contributed by atoms with Crippen LogP contribution in [0.2, 0.25) is 0 Å². The molecule has 0 radical (unpaired) electrons. The molecule has 3 unspecified atom stereocenters. The number of carbonyl (C=O) groups excluding carboxylic acids is 2. The molecule has 0 spiro atoms. The molecule has 0 fully saturated rings. The highest BCUT2D eigenvalue weighted by Gasteiger charge is 2.24. The number of aliphatic hydroxyl groups is 2. The zero-order valence-corrected chi connectivity index (χ0v) is 41.9. The van der Waals surface area contributed by atoms with E-state index in [4.69, 9.17) is 4.74 Å². The zero-order chi connectivity index (χ0) is 46.7. The first-order valence-corrected chi connectivity index (χ1v) is 26.8. The largest absolute Gasteiger partial charge is 0.462 e. The molecule has 0 aromatic heterocycles. The molecule has 0 aromatic rings. The highest BCUT2D eigenvalue weighted by molar-refractivity contribution is 5.77. The topological polar surface area (TPSA) is 95.9 Å². The van der Waals surface area contributed by atoms with Gasteiger partial charge in [-0.2, -0.15) is 0 Å². The summed E-state index contributed by atoms with van der Waals surface area (Å²) in [5, 5.41) is 23.8. The number of amides is 1. The molecule has 0 saturated heterocycles. The van der Waals surface area contributed by atoms with Gasteiger partial charge in [-0.25, -0.2) is 0 Å². The smallest absolute Gasteiger partial charge is 0.306 e. The van der Waals surface area contributed by atoms with Crippen LogP contribution in [0.25, 0.3) is 0 Å². The van der Waals surface area contributed by atoms with Gasteiger partial charge in [0.05, 0.1) is 25.2 Å². The lowest BCUT2D eigenvalue weighted by atomic mass is 10.0. The Morgan fingerprint density at radius 3 is 1.30 bits per heavy atom. The van der Waals surface area contributed by atoms with Crippen LogP contribution < -0.4 is 5.32 Å². The van der Waals surface area contributed by atoms with Gasteiger partial charge < -0.3 is 20.3 Å². The summed E-state index contributed by atoms with van der Waals surface area (Å²) in [5.74, 6) is -0.591. The standard InChI is InChI=1S/C58H101NO5/c1-4-7-10-13-16-19-22-25-27-28-29-30-31-33-36-39-42-45-48-51-58(63)64-54(49-46-43-40-37-34-32-26-23-20-17-14-11-8-5-2)52-57(62)59-55(53-60)56(61)50-47-44-41-38-35-24-21-18-15-12-9-6-3/h7,10,16,19,25,27,29-30,32-34,36,42,45,54-56,60-61H,4-6,8-9,11-15,17-18,20-24,26,28,31,35,37-41,43-44,46-53H2,1-3H3,(H,59,62)/b10-7-,19-16-,27-25-,30-29-,34-32+,36-33-,45-42-. The van der Waals surface area contributed by atoms with E-state index in [1.54, 1.807) is 0 Å². The van der Waals surface area contributed by atoms with Crippen LogP contribution >= 0.6 is 0 Å². The van der Waals surface area contributed by atoms with Gasteiger partial charge in [0, 0.05) is 6.42 Å². The number of nitrogens with one attached hydrogen (secondary N) is 1. The van der Waals surface area contributed by atoms with Gasteiger partial charge >= 0.3 is 5.97 Å². The monoisotopic (exact) mass is 892 g/mol. The van der Waals surface area contributed by atoms with Crippen LogP contribution in [0.1, 0.15) is 245 Å². The second-order valence-corrected chi connectivity index (χ2v) is 17.9. The van der Waals surface area contributed by atoms with E-state index >= 15 is 0 Å². The van der Waals surface area contributed by atoms with Gasteiger partial charge in [0.1, 0.15) is 6.10 Å². The highest BCUT2D eigenvalue weighted by Crippen LogP contribution is 2.17. The molecule has 1 amide bonds. The predicted molar refractivity (Wildman–Crippen MR) is 278 cm³/mol. The SMILES string of the molecule is CC/C=C\C/C=C\C/C=C\C/C=C\C/C=C\C/C=C\CCC(=O)OC(CCCCC/C=C/CCCCCCCCC)CC(=O)NC(CO)C(O)CCCCCCCCCCCCCC. The van der Waals surface area contributed by atoms with Crippen LogP contribution in [-0.2, 0) is 14.3 Å². The fraction of sp³-hybridized carbons (Fsp3) is 0.724. The maximum atomic E-state index is 13.2. The summed E-state index contributed by atoms with van der Waals surface area (Å²) < 4.78 is 5.89. The summed E-state index contributed by atoms with van der Waals surface area (Å²) in [6.07, 6.45) is 66.5. The Bertz CT molecular complexity index is 1230. The predicted octanol–water partition coefficient (Wildman–Crippen LogP) is 16.3. The molecule has 6 heteroatoms. The van der Waals surface area contributed by atoms with E-state index in [9.17, 15) is 19.8 Å². The summed E-state index contributed by atoms with van der Waals surface area (Å²) in [4.78, 5) is 26.1. The van der Waals surface area contributed by atoms with Crippen molar-refractivity contribution in [1.82, 2.24) is 5.32 Å². The molecule has 0 bridgehead atoms. The molecule has 0 aromatic carbocycles. The minimum Gasteiger partial charge on any atom is -0.462 e. The summed E-state index contributed by atoms with van der Waals surface area (Å²) in [5.41, 5.74) is 0. The van der Waals surface area contributed by atoms with Gasteiger partial charge in [-0.3, -0.25) is 9.59 Å². The van der Waals surface area contributed by atoms with Crippen LogP contribution in [0.5, 0.6) is 0 Å². The Kier molecular flexibility index (Phi) is 48.7. The van der Waals surface area contributed by atoms with Crippen LogP contribution in [0, 0.1) is 0 Å². The molecule has 0 rings (SSSR count). The number of rotatable bonds is 47. The second kappa shape index (κ2) is 51.0. The van der Waals surface area contributed by atoms with Gasteiger partial charge in [0.2, 0.25) is 5.91 Å². The number of hydrogen-bond acceptors (Lipinski definition) is 5. The van der Waals surface area contributed by atoms with E-state index in [2.05, 4.69) is 105 Å². The maximum Gasteiger partial charge on any atom is 0.306 e. The van der Waals surface area contributed by atoms with E-state index in [-0.39, 0.29) is 31.3 Å². The molecule has 0 aliphatic carbocycles. The number of esters is 1. The molecule has 368 valence electrons. The van der Waals surface area contributed by atoms with Crippen molar-refractivity contribution in [2.75, 3.05) is 6.61 Å². The summed E-state index contributed by atoms with van der Waals surface area (Å²) in [6, 6.07) is -0.725.